The molecule has 2 heterocycles. The first-order chi connectivity index (χ1) is 9.70. The molecule has 2 bridgehead atoms. The van der Waals surface area contributed by atoms with Crippen LogP contribution >= 0.6 is 0 Å². The Balaban J connectivity index is 1.66. The van der Waals surface area contributed by atoms with E-state index in [4.69, 9.17) is 5.73 Å². The van der Waals surface area contributed by atoms with Crippen LogP contribution in [-0.2, 0) is 4.79 Å². The highest BCUT2D eigenvalue weighted by molar-refractivity contribution is 5.84. The summed E-state index contributed by atoms with van der Waals surface area (Å²) in [4.78, 5) is 14.5. The van der Waals surface area contributed by atoms with Gasteiger partial charge in [0.1, 0.15) is 0 Å². The summed E-state index contributed by atoms with van der Waals surface area (Å²) in [5.74, 6) is -0.368. The topological polar surface area (TPSA) is 46.3 Å². The molecule has 0 spiro atoms. The SMILES string of the molecule is CC1(C(N)C(=O)N2C3CCC2CC(CC(F)(F)F)C3)CC1. The van der Waals surface area contributed by atoms with Gasteiger partial charge in [0.15, 0.2) is 0 Å². The Hall–Kier alpha value is -0.780. The van der Waals surface area contributed by atoms with Gasteiger partial charge < -0.3 is 10.6 Å². The van der Waals surface area contributed by atoms with Crippen molar-refractivity contribution in [2.24, 2.45) is 17.1 Å². The fraction of sp³-hybridized carbons (Fsp3) is 0.933. The smallest absolute Gasteiger partial charge is 0.335 e. The summed E-state index contributed by atoms with van der Waals surface area (Å²) in [6.07, 6.45) is -0.266. The molecule has 3 fully saturated rings. The molecule has 0 aromatic carbocycles. The van der Waals surface area contributed by atoms with Crippen molar-refractivity contribution in [3.8, 4) is 0 Å². The van der Waals surface area contributed by atoms with Gasteiger partial charge in [0.05, 0.1) is 6.04 Å². The molecule has 0 radical (unpaired) electrons. The van der Waals surface area contributed by atoms with Gasteiger partial charge >= 0.3 is 6.18 Å². The standard InChI is InChI=1S/C15H23F3N2O/c1-14(4-5-14)12(19)13(21)20-10-2-3-11(20)7-9(6-10)8-15(16,17)18/h9-12H,2-8,19H2,1H3. The van der Waals surface area contributed by atoms with Crippen LogP contribution in [0.2, 0.25) is 0 Å². The highest BCUT2D eigenvalue weighted by Crippen LogP contribution is 2.49. The third-order valence-electron chi connectivity index (χ3n) is 5.66. The van der Waals surface area contributed by atoms with Crippen LogP contribution in [0.15, 0.2) is 0 Å². The largest absolute Gasteiger partial charge is 0.389 e. The van der Waals surface area contributed by atoms with Crippen molar-refractivity contribution in [2.75, 3.05) is 0 Å². The first-order valence-electron chi connectivity index (χ1n) is 7.84. The Morgan fingerprint density at radius 2 is 1.81 bits per heavy atom. The van der Waals surface area contributed by atoms with Crippen LogP contribution in [0.4, 0.5) is 13.2 Å². The normalized spacial score (nSPS) is 35.7. The van der Waals surface area contributed by atoms with E-state index in [1.807, 2.05) is 11.8 Å². The number of carbonyl (C=O) groups is 1. The molecule has 21 heavy (non-hydrogen) atoms. The van der Waals surface area contributed by atoms with E-state index in [1.165, 1.54) is 0 Å². The number of nitrogens with zero attached hydrogens (tertiary/aromatic N) is 1. The molecule has 2 saturated heterocycles. The Bertz CT molecular complexity index is 419. The average molecular weight is 304 g/mol. The summed E-state index contributed by atoms with van der Waals surface area (Å²) in [7, 11) is 0. The maximum Gasteiger partial charge on any atom is 0.389 e. The maximum absolute atomic E-state index is 12.6. The highest BCUT2D eigenvalue weighted by Gasteiger charge is 2.52. The van der Waals surface area contributed by atoms with Gasteiger partial charge in [-0.3, -0.25) is 4.79 Å². The van der Waals surface area contributed by atoms with E-state index < -0.39 is 18.6 Å². The van der Waals surface area contributed by atoms with Gasteiger partial charge in [-0.1, -0.05) is 6.92 Å². The Kier molecular flexibility index (Phi) is 3.50. The molecule has 1 amide bonds. The molecule has 3 unspecified atom stereocenters. The number of halogens is 3. The highest BCUT2D eigenvalue weighted by atomic mass is 19.4. The lowest BCUT2D eigenvalue weighted by Gasteiger charge is -2.41. The quantitative estimate of drug-likeness (QED) is 0.871. The van der Waals surface area contributed by atoms with Gasteiger partial charge in [-0.25, -0.2) is 0 Å². The Labute approximate surface area is 123 Å². The number of carbonyl (C=O) groups excluding carboxylic acids is 1. The first kappa shape index (κ1) is 15.1. The van der Waals surface area contributed by atoms with Gasteiger partial charge in [0.25, 0.3) is 0 Å². The number of alkyl halides is 3. The van der Waals surface area contributed by atoms with E-state index in [9.17, 15) is 18.0 Å². The lowest BCUT2D eigenvalue weighted by atomic mass is 9.86. The van der Waals surface area contributed by atoms with E-state index in [2.05, 4.69) is 0 Å². The summed E-state index contributed by atoms with van der Waals surface area (Å²) < 4.78 is 37.7. The maximum atomic E-state index is 12.6. The fourth-order valence-electron chi connectivity index (χ4n) is 4.11. The molecule has 0 aromatic heterocycles. The predicted molar refractivity (Wildman–Crippen MR) is 72.4 cm³/mol. The van der Waals surface area contributed by atoms with Gasteiger partial charge in [-0.05, 0) is 49.9 Å². The molecular weight excluding hydrogens is 281 g/mol. The van der Waals surface area contributed by atoms with Crippen molar-refractivity contribution >= 4 is 5.91 Å². The van der Waals surface area contributed by atoms with Crippen molar-refractivity contribution < 1.29 is 18.0 Å². The van der Waals surface area contributed by atoms with Gasteiger partial charge in [0, 0.05) is 18.5 Å². The summed E-state index contributed by atoms with van der Waals surface area (Å²) in [5.41, 5.74) is 6.02. The zero-order valence-electron chi connectivity index (χ0n) is 12.3. The molecule has 2 aliphatic heterocycles. The van der Waals surface area contributed by atoms with E-state index >= 15 is 0 Å². The minimum Gasteiger partial charge on any atom is -0.335 e. The van der Waals surface area contributed by atoms with Crippen LogP contribution in [0, 0.1) is 11.3 Å². The average Bonchev–Trinajstić information content (AvgIpc) is 3.05. The minimum atomic E-state index is -4.10. The second kappa shape index (κ2) is 4.86. The van der Waals surface area contributed by atoms with Crippen molar-refractivity contribution in [1.82, 2.24) is 4.90 Å². The van der Waals surface area contributed by atoms with Crippen molar-refractivity contribution in [3.05, 3.63) is 0 Å². The Morgan fingerprint density at radius 1 is 1.29 bits per heavy atom. The molecule has 120 valence electrons. The predicted octanol–water partition coefficient (Wildman–Crippen LogP) is 2.84. The molecule has 3 atom stereocenters. The van der Waals surface area contributed by atoms with E-state index in [0.29, 0.717) is 12.8 Å². The number of fused-ring (bicyclic) bond motifs is 2. The number of amides is 1. The van der Waals surface area contributed by atoms with Crippen LogP contribution in [-0.4, -0.2) is 35.1 Å². The lowest BCUT2D eigenvalue weighted by Crippen LogP contribution is -2.55. The first-order valence-corrected chi connectivity index (χ1v) is 7.84. The second-order valence-electron chi connectivity index (χ2n) is 7.42. The third-order valence-corrected chi connectivity index (χ3v) is 5.66. The summed E-state index contributed by atoms with van der Waals surface area (Å²) >= 11 is 0. The minimum absolute atomic E-state index is 0.0306. The van der Waals surface area contributed by atoms with Crippen LogP contribution < -0.4 is 5.73 Å². The van der Waals surface area contributed by atoms with Gasteiger partial charge in [-0.2, -0.15) is 13.2 Å². The molecule has 0 aromatic rings. The fourth-order valence-corrected chi connectivity index (χ4v) is 4.11. The van der Waals surface area contributed by atoms with Gasteiger partial charge in [0.2, 0.25) is 5.91 Å². The molecule has 1 saturated carbocycles. The van der Waals surface area contributed by atoms with Gasteiger partial charge in [-0.15, -0.1) is 0 Å². The van der Waals surface area contributed by atoms with Crippen LogP contribution in [0.3, 0.4) is 0 Å². The zero-order chi connectivity index (χ0) is 15.4. The molecule has 2 N–H and O–H groups in total. The lowest BCUT2D eigenvalue weighted by molar-refractivity contribution is -0.153. The molecule has 3 aliphatic rings. The van der Waals surface area contributed by atoms with E-state index in [-0.39, 0.29) is 29.3 Å². The molecule has 3 nitrogen and oxygen atoms in total. The molecule has 6 heteroatoms. The number of piperidine rings is 1. The summed E-state index contributed by atoms with van der Waals surface area (Å²) in [6, 6.07) is -0.547. The number of hydrogen-bond acceptors (Lipinski definition) is 2. The van der Waals surface area contributed by atoms with Crippen LogP contribution in [0.5, 0.6) is 0 Å². The molecule has 1 aliphatic carbocycles. The summed E-state index contributed by atoms with van der Waals surface area (Å²) in [5, 5.41) is 0. The Morgan fingerprint density at radius 3 is 2.24 bits per heavy atom. The van der Waals surface area contributed by atoms with Crippen LogP contribution in [0.1, 0.15) is 51.9 Å². The molecule has 3 rings (SSSR count). The monoisotopic (exact) mass is 304 g/mol. The zero-order valence-corrected chi connectivity index (χ0v) is 12.3. The number of rotatable bonds is 3. The number of hydrogen-bond donors (Lipinski definition) is 1. The second-order valence-corrected chi connectivity index (χ2v) is 7.42. The van der Waals surface area contributed by atoms with Crippen molar-refractivity contribution in [3.63, 3.8) is 0 Å². The van der Waals surface area contributed by atoms with Crippen LogP contribution in [0.25, 0.3) is 0 Å². The molecular formula is C15H23F3N2O. The summed E-state index contributed by atoms with van der Waals surface area (Å²) in [6.45, 7) is 2.02. The van der Waals surface area contributed by atoms with E-state index in [1.54, 1.807) is 0 Å². The van der Waals surface area contributed by atoms with E-state index in [0.717, 1.165) is 25.7 Å². The third kappa shape index (κ3) is 2.91. The number of nitrogens with two attached hydrogens (primary N) is 1. The van der Waals surface area contributed by atoms with Crippen molar-refractivity contribution in [1.29, 1.82) is 0 Å². The van der Waals surface area contributed by atoms with Crippen molar-refractivity contribution in [2.45, 2.75) is 76.2 Å².